The number of hydrogen-bond acceptors (Lipinski definition) is 2. The van der Waals surface area contributed by atoms with Gasteiger partial charge in [0.15, 0.2) is 0 Å². The molecular formula is C18H32N2O. The predicted octanol–water partition coefficient (Wildman–Crippen LogP) is 3.39. The Balaban J connectivity index is 1.33. The molecule has 3 heteroatoms. The van der Waals surface area contributed by atoms with Gasteiger partial charge in [0.1, 0.15) is 0 Å². The lowest BCUT2D eigenvalue weighted by atomic mass is 9.39. The van der Waals surface area contributed by atoms with Gasteiger partial charge in [-0.25, -0.2) is 0 Å². The van der Waals surface area contributed by atoms with Crippen LogP contribution in [0.15, 0.2) is 0 Å². The lowest BCUT2D eigenvalue weighted by Gasteiger charge is -2.69. The smallest absolute Gasteiger partial charge is 0.226 e. The van der Waals surface area contributed by atoms with Crippen molar-refractivity contribution < 1.29 is 4.79 Å². The Bertz CT molecular complexity index is 352. The molecule has 4 aliphatic carbocycles. The zero-order valence-electron chi connectivity index (χ0n) is 13.7. The molecule has 2 N–H and O–H groups in total. The van der Waals surface area contributed by atoms with Crippen LogP contribution in [0.5, 0.6) is 0 Å². The van der Waals surface area contributed by atoms with Crippen LogP contribution in [0.2, 0.25) is 0 Å². The van der Waals surface area contributed by atoms with Crippen LogP contribution in [0.1, 0.15) is 77.6 Å². The standard InChI is InChI=1S/C18H32N2O/c1-2-10-20-18-12-17(13-18,14-18)16(21)19-11-9-15-7-5-3-4-6-8-15/h15,20H,2-14H2,1H3,(H,19,21). The molecule has 4 rings (SSSR count). The molecule has 1 amide bonds. The highest BCUT2D eigenvalue weighted by atomic mass is 16.2. The summed E-state index contributed by atoms with van der Waals surface area (Å²) in [6.07, 6.45) is 14.0. The fourth-order valence-electron chi connectivity index (χ4n) is 4.84. The Morgan fingerprint density at radius 1 is 1.05 bits per heavy atom. The lowest BCUT2D eigenvalue weighted by molar-refractivity contribution is -0.180. The van der Waals surface area contributed by atoms with Crippen LogP contribution < -0.4 is 10.6 Å². The van der Waals surface area contributed by atoms with Gasteiger partial charge in [-0.15, -0.1) is 0 Å². The highest BCUT2D eigenvalue weighted by molar-refractivity contribution is 5.87. The largest absolute Gasteiger partial charge is 0.356 e. The quantitative estimate of drug-likeness (QED) is 0.706. The van der Waals surface area contributed by atoms with E-state index in [2.05, 4.69) is 17.6 Å². The van der Waals surface area contributed by atoms with Crippen LogP contribution in [0.3, 0.4) is 0 Å². The van der Waals surface area contributed by atoms with E-state index < -0.39 is 0 Å². The van der Waals surface area contributed by atoms with Crippen molar-refractivity contribution in [2.45, 2.75) is 83.1 Å². The molecule has 0 aromatic rings. The zero-order valence-corrected chi connectivity index (χ0v) is 13.7. The molecule has 0 radical (unpaired) electrons. The first kappa shape index (κ1) is 15.3. The summed E-state index contributed by atoms with van der Waals surface area (Å²) in [5.41, 5.74) is 0.360. The maximum Gasteiger partial charge on any atom is 0.226 e. The fourth-order valence-corrected chi connectivity index (χ4v) is 4.84. The normalized spacial score (nSPS) is 35.5. The Morgan fingerprint density at radius 2 is 1.71 bits per heavy atom. The van der Waals surface area contributed by atoms with Crippen molar-refractivity contribution in [2.75, 3.05) is 13.1 Å². The Labute approximate surface area is 129 Å². The summed E-state index contributed by atoms with van der Waals surface area (Å²) >= 11 is 0. The molecule has 4 fully saturated rings. The molecular weight excluding hydrogens is 260 g/mol. The molecule has 0 atom stereocenters. The Morgan fingerprint density at radius 3 is 2.33 bits per heavy atom. The van der Waals surface area contributed by atoms with E-state index in [0.717, 1.165) is 38.3 Å². The minimum absolute atomic E-state index is 0.0181. The third-order valence-corrected chi connectivity index (χ3v) is 6.07. The van der Waals surface area contributed by atoms with Crippen LogP contribution in [0, 0.1) is 11.3 Å². The van der Waals surface area contributed by atoms with Crippen molar-refractivity contribution in [3.8, 4) is 0 Å². The second-order valence-corrected chi connectivity index (χ2v) is 7.92. The van der Waals surface area contributed by atoms with Gasteiger partial charge < -0.3 is 10.6 Å². The Hall–Kier alpha value is -0.570. The molecule has 0 aromatic heterocycles. The Kier molecular flexibility index (Phi) is 4.58. The minimum atomic E-state index is 0.0181. The lowest BCUT2D eigenvalue weighted by Crippen LogP contribution is -2.77. The van der Waals surface area contributed by atoms with Crippen molar-refractivity contribution >= 4 is 5.91 Å². The number of amides is 1. The zero-order chi connectivity index (χ0) is 14.8. The molecule has 2 bridgehead atoms. The van der Waals surface area contributed by atoms with Gasteiger partial charge in [0.25, 0.3) is 0 Å². The van der Waals surface area contributed by atoms with E-state index in [1.807, 2.05) is 0 Å². The molecule has 4 aliphatic rings. The van der Waals surface area contributed by atoms with Crippen LogP contribution in [-0.2, 0) is 4.79 Å². The number of rotatable bonds is 7. The van der Waals surface area contributed by atoms with E-state index >= 15 is 0 Å². The van der Waals surface area contributed by atoms with Gasteiger partial charge >= 0.3 is 0 Å². The van der Waals surface area contributed by atoms with E-state index in [0.29, 0.717) is 11.4 Å². The van der Waals surface area contributed by atoms with Gasteiger partial charge in [0, 0.05) is 12.1 Å². The first-order chi connectivity index (χ1) is 10.2. The predicted molar refractivity (Wildman–Crippen MR) is 86.1 cm³/mol. The van der Waals surface area contributed by atoms with Gasteiger partial charge in [-0.1, -0.05) is 45.4 Å². The average molecular weight is 292 g/mol. The summed E-state index contributed by atoms with van der Waals surface area (Å²) in [7, 11) is 0. The van der Waals surface area contributed by atoms with Crippen molar-refractivity contribution in [1.82, 2.24) is 10.6 Å². The summed E-state index contributed by atoms with van der Waals surface area (Å²) < 4.78 is 0. The number of carbonyl (C=O) groups is 1. The minimum Gasteiger partial charge on any atom is -0.356 e. The molecule has 120 valence electrons. The third kappa shape index (κ3) is 3.13. The number of nitrogens with one attached hydrogen (secondary N) is 2. The van der Waals surface area contributed by atoms with E-state index in [-0.39, 0.29) is 5.41 Å². The van der Waals surface area contributed by atoms with E-state index in [9.17, 15) is 4.79 Å². The molecule has 0 unspecified atom stereocenters. The number of hydrogen-bond donors (Lipinski definition) is 2. The van der Waals surface area contributed by atoms with E-state index in [1.165, 1.54) is 51.4 Å². The second-order valence-electron chi connectivity index (χ2n) is 7.92. The maximum atomic E-state index is 12.4. The summed E-state index contributed by atoms with van der Waals surface area (Å²) in [6.45, 7) is 4.20. The van der Waals surface area contributed by atoms with Crippen molar-refractivity contribution in [1.29, 1.82) is 0 Å². The molecule has 0 spiro atoms. The van der Waals surface area contributed by atoms with E-state index in [1.54, 1.807) is 0 Å². The molecule has 0 aromatic carbocycles. The van der Waals surface area contributed by atoms with Crippen molar-refractivity contribution in [3.05, 3.63) is 0 Å². The molecule has 0 saturated heterocycles. The third-order valence-electron chi connectivity index (χ3n) is 6.07. The number of carbonyl (C=O) groups excluding carboxylic acids is 1. The van der Waals surface area contributed by atoms with Crippen LogP contribution in [-0.4, -0.2) is 24.5 Å². The highest BCUT2D eigenvalue weighted by Crippen LogP contribution is 2.67. The SMILES string of the molecule is CCCNC12CC(C(=O)NCCC3CCCCCC3)(C1)C2. The van der Waals surface area contributed by atoms with Crippen molar-refractivity contribution in [3.63, 3.8) is 0 Å². The first-order valence-electron chi connectivity index (χ1n) is 9.21. The second kappa shape index (κ2) is 6.28. The summed E-state index contributed by atoms with van der Waals surface area (Å²) in [5.74, 6) is 1.20. The van der Waals surface area contributed by atoms with Crippen LogP contribution >= 0.6 is 0 Å². The fraction of sp³-hybridized carbons (Fsp3) is 0.944. The average Bonchev–Trinajstić information content (AvgIpc) is 2.64. The molecule has 0 aliphatic heterocycles. The first-order valence-corrected chi connectivity index (χ1v) is 9.21. The van der Waals surface area contributed by atoms with Crippen LogP contribution in [0.25, 0.3) is 0 Å². The van der Waals surface area contributed by atoms with Crippen molar-refractivity contribution in [2.24, 2.45) is 11.3 Å². The van der Waals surface area contributed by atoms with Crippen LogP contribution in [0.4, 0.5) is 0 Å². The topological polar surface area (TPSA) is 41.1 Å². The molecule has 0 heterocycles. The summed E-state index contributed by atoms with van der Waals surface area (Å²) in [6, 6.07) is 0. The van der Waals surface area contributed by atoms with Gasteiger partial charge in [0.2, 0.25) is 5.91 Å². The van der Waals surface area contributed by atoms with Gasteiger partial charge in [-0.05, 0) is 44.6 Å². The van der Waals surface area contributed by atoms with Gasteiger partial charge in [0.05, 0.1) is 5.41 Å². The maximum absolute atomic E-state index is 12.4. The van der Waals surface area contributed by atoms with E-state index in [4.69, 9.17) is 0 Å². The molecule has 3 nitrogen and oxygen atoms in total. The van der Waals surface area contributed by atoms with Gasteiger partial charge in [-0.2, -0.15) is 0 Å². The summed E-state index contributed by atoms with van der Waals surface area (Å²) in [5, 5.41) is 6.86. The monoisotopic (exact) mass is 292 g/mol. The summed E-state index contributed by atoms with van der Waals surface area (Å²) in [4.78, 5) is 12.4. The van der Waals surface area contributed by atoms with Gasteiger partial charge in [-0.3, -0.25) is 4.79 Å². The highest BCUT2D eigenvalue weighted by Gasteiger charge is 2.71. The molecule has 21 heavy (non-hydrogen) atoms. The molecule has 4 saturated carbocycles.